The predicted molar refractivity (Wildman–Crippen MR) is 75.1 cm³/mol. The highest BCUT2D eigenvalue weighted by Crippen LogP contribution is 2.21. The second kappa shape index (κ2) is 5.84. The Morgan fingerprint density at radius 3 is 2.77 bits per heavy atom. The third-order valence-corrected chi connectivity index (χ3v) is 3.41. The molecular weight excluding hydrogens is 288 g/mol. The molecule has 1 aromatic carbocycles. The van der Waals surface area contributed by atoms with Crippen LogP contribution in [0.3, 0.4) is 0 Å². The number of hydrogen-bond donors (Lipinski definition) is 1. The molecule has 0 spiro atoms. The monoisotopic (exact) mass is 302 g/mol. The molecule has 1 N–H and O–H groups in total. The maximum absolute atomic E-state index is 12.2. The zero-order chi connectivity index (χ0) is 15.5. The number of carbonyl (C=O) groups is 2. The Bertz CT molecular complexity index is 685. The normalized spacial score (nSPS) is 16.9. The van der Waals surface area contributed by atoms with Crippen molar-refractivity contribution in [3.8, 4) is 0 Å². The first-order valence-electron chi connectivity index (χ1n) is 6.74. The Hall–Kier alpha value is -2.90. The van der Waals surface area contributed by atoms with Crippen LogP contribution in [0.25, 0.3) is 0 Å². The highest BCUT2D eigenvalue weighted by Gasteiger charge is 2.34. The summed E-state index contributed by atoms with van der Waals surface area (Å²) in [5, 5.41) is 13.1. The van der Waals surface area contributed by atoms with E-state index in [9.17, 15) is 9.59 Å². The molecule has 3 rings (SSSR count). The lowest BCUT2D eigenvalue weighted by Crippen LogP contribution is -2.45. The zero-order valence-corrected chi connectivity index (χ0v) is 11.6. The van der Waals surface area contributed by atoms with Crippen LogP contribution >= 0.6 is 0 Å². The van der Waals surface area contributed by atoms with Gasteiger partial charge in [-0.05, 0) is 5.56 Å². The van der Waals surface area contributed by atoms with Gasteiger partial charge in [-0.15, -0.1) is 0 Å². The first-order chi connectivity index (χ1) is 10.6. The van der Waals surface area contributed by atoms with E-state index in [1.54, 1.807) is 0 Å². The highest BCUT2D eigenvalue weighted by atomic mass is 16.6. The van der Waals surface area contributed by atoms with E-state index < -0.39 is 18.0 Å². The van der Waals surface area contributed by atoms with Crippen LogP contribution in [-0.4, -0.2) is 38.5 Å². The number of carboxylic acids is 1. The van der Waals surface area contributed by atoms with Crippen molar-refractivity contribution in [1.82, 2.24) is 14.8 Å². The van der Waals surface area contributed by atoms with E-state index in [1.165, 1.54) is 15.9 Å². The summed E-state index contributed by atoms with van der Waals surface area (Å²) in [6, 6.07) is 9.25. The summed E-state index contributed by atoms with van der Waals surface area (Å²) < 4.78 is 6.63. The van der Waals surface area contributed by atoms with Gasteiger partial charge in [0.2, 0.25) is 5.95 Å². The second-order valence-electron chi connectivity index (χ2n) is 4.93. The van der Waals surface area contributed by atoms with Crippen molar-refractivity contribution in [3.63, 3.8) is 0 Å². The van der Waals surface area contributed by atoms with E-state index in [1.807, 2.05) is 30.3 Å². The van der Waals surface area contributed by atoms with Crippen LogP contribution in [0.2, 0.25) is 0 Å². The minimum atomic E-state index is -0.984. The first-order valence-corrected chi connectivity index (χ1v) is 6.74. The second-order valence-corrected chi connectivity index (χ2v) is 4.93. The molecule has 0 saturated carbocycles. The fourth-order valence-corrected chi connectivity index (χ4v) is 2.27. The molecule has 1 unspecified atom stereocenters. The van der Waals surface area contributed by atoms with E-state index in [0.29, 0.717) is 5.95 Å². The number of nitrogens with zero attached hydrogens (tertiary/aromatic N) is 4. The number of ether oxygens (including phenoxy) is 1. The molecule has 2 heterocycles. The standard InChI is InChI=1S/C14H14N4O4/c19-12(20)11-6-17(13-15-9-16-18(13)7-11)14(21)22-8-10-4-2-1-3-5-10/h1-5,9,11H,6-8H2,(H,19,20). The van der Waals surface area contributed by atoms with Gasteiger partial charge < -0.3 is 9.84 Å². The van der Waals surface area contributed by atoms with Gasteiger partial charge in [0.05, 0.1) is 12.5 Å². The number of aliphatic carboxylic acids is 1. The summed E-state index contributed by atoms with van der Waals surface area (Å²) in [5.41, 5.74) is 0.851. The summed E-state index contributed by atoms with van der Waals surface area (Å²) in [5.74, 6) is -1.42. The molecule has 0 aliphatic carbocycles. The Kier molecular flexibility index (Phi) is 3.73. The van der Waals surface area contributed by atoms with Crippen LogP contribution in [0.5, 0.6) is 0 Å². The van der Waals surface area contributed by atoms with Crippen molar-refractivity contribution in [2.75, 3.05) is 11.4 Å². The molecule has 1 aliphatic rings. The summed E-state index contributed by atoms with van der Waals surface area (Å²) in [6.07, 6.45) is 0.654. The molecule has 1 amide bonds. The quantitative estimate of drug-likeness (QED) is 0.913. The predicted octanol–water partition coefficient (Wildman–Crippen LogP) is 1.14. The van der Waals surface area contributed by atoms with E-state index in [-0.39, 0.29) is 19.7 Å². The number of rotatable bonds is 3. The van der Waals surface area contributed by atoms with Crippen LogP contribution < -0.4 is 4.90 Å². The Balaban J connectivity index is 1.73. The van der Waals surface area contributed by atoms with E-state index >= 15 is 0 Å². The Labute approximate surface area is 125 Å². The topological polar surface area (TPSA) is 97.6 Å². The summed E-state index contributed by atoms with van der Waals surface area (Å²) >= 11 is 0. The first kappa shape index (κ1) is 14.1. The SMILES string of the molecule is O=C(O)C1CN(C(=O)OCc2ccccc2)c2ncnn2C1. The molecule has 1 aromatic heterocycles. The smallest absolute Gasteiger partial charge is 0.417 e. The molecule has 114 valence electrons. The van der Waals surface area contributed by atoms with Gasteiger partial charge in [-0.1, -0.05) is 30.3 Å². The number of fused-ring (bicyclic) bond motifs is 1. The average Bonchev–Trinajstić information content (AvgIpc) is 3.01. The van der Waals surface area contributed by atoms with Gasteiger partial charge in [-0.25, -0.2) is 14.4 Å². The number of benzene rings is 1. The number of hydrogen-bond acceptors (Lipinski definition) is 5. The van der Waals surface area contributed by atoms with Gasteiger partial charge in [-0.3, -0.25) is 4.79 Å². The lowest BCUT2D eigenvalue weighted by Gasteiger charge is -2.29. The minimum absolute atomic E-state index is 0.0155. The molecule has 0 fully saturated rings. The maximum Gasteiger partial charge on any atom is 0.417 e. The molecule has 0 saturated heterocycles. The Morgan fingerprint density at radius 1 is 1.27 bits per heavy atom. The van der Waals surface area contributed by atoms with Crippen molar-refractivity contribution in [2.45, 2.75) is 13.2 Å². The molecule has 8 heteroatoms. The molecule has 22 heavy (non-hydrogen) atoms. The minimum Gasteiger partial charge on any atom is -0.481 e. The van der Waals surface area contributed by atoms with Crippen molar-refractivity contribution >= 4 is 18.0 Å². The molecule has 2 aromatic rings. The van der Waals surface area contributed by atoms with Crippen molar-refractivity contribution in [2.24, 2.45) is 5.92 Å². The van der Waals surface area contributed by atoms with E-state index in [4.69, 9.17) is 9.84 Å². The Morgan fingerprint density at radius 2 is 2.05 bits per heavy atom. The van der Waals surface area contributed by atoms with Crippen LogP contribution in [0, 0.1) is 5.92 Å². The zero-order valence-electron chi connectivity index (χ0n) is 11.6. The van der Waals surface area contributed by atoms with Crippen molar-refractivity contribution < 1.29 is 19.4 Å². The number of anilines is 1. The van der Waals surface area contributed by atoms with Crippen LogP contribution in [0.1, 0.15) is 5.56 Å². The van der Waals surface area contributed by atoms with Gasteiger partial charge in [0.1, 0.15) is 12.9 Å². The maximum atomic E-state index is 12.2. The van der Waals surface area contributed by atoms with Crippen molar-refractivity contribution in [1.29, 1.82) is 0 Å². The van der Waals surface area contributed by atoms with Crippen LogP contribution in [-0.2, 0) is 22.7 Å². The molecule has 0 bridgehead atoms. The van der Waals surface area contributed by atoms with Gasteiger partial charge >= 0.3 is 12.1 Å². The lowest BCUT2D eigenvalue weighted by molar-refractivity contribution is -0.142. The third-order valence-electron chi connectivity index (χ3n) is 3.41. The number of carboxylic acid groups (broad SMARTS) is 1. The molecular formula is C14H14N4O4. The van der Waals surface area contributed by atoms with Gasteiger partial charge in [-0.2, -0.15) is 10.1 Å². The fourth-order valence-electron chi connectivity index (χ4n) is 2.27. The highest BCUT2D eigenvalue weighted by molar-refractivity contribution is 5.87. The fraction of sp³-hybridized carbons (Fsp3) is 0.286. The van der Waals surface area contributed by atoms with Crippen LogP contribution in [0.4, 0.5) is 10.7 Å². The van der Waals surface area contributed by atoms with E-state index in [0.717, 1.165) is 5.56 Å². The molecule has 1 atom stereocenters. The van der Waals surface area contributed by atoms with Gasteiger partial charge in [0.15, 0.2) is 0 Å². The summed E-state index contributed by atoms with van der Waals surface area (Å²) in [6.45, 7) is 0.316. The number of carbonyl (C=O) groups excluding carboxylic acids is 1. The molecule has 0 radical (unpaired) electrons. The van der Waals surface area contributed by atoms with Gasteiger partial charge in [0.25, 0.3) is 0 Å². The number of amides is 1. The lowest BCUT2D eigenvalue weighted by atomic mass is 10.1. The van der Waals surface area contributed by atoms with Crippen molar-refractivity contribution in [3.05, 3.63) is 42.2 Å². The molecule has 8 nitrogen and oxygen atoms in total. The largest absolute Gasteiger partial charge is 0.481 e. The summed E-state index contributed by atoms with van der Waals surface area (Å²) in [4.78, 5) is 28.6. The summed E-state index contributed by atoms with van der Waals surface area (Å²) in [7, 11) is 0. The van der Waals surface area contributed by atoms with E-state index in [2.05, 4.69) is 10.1 Å². The number of aromatic nitrogens is 3. The third kappa shape index (κ3) is 2.76. The average molecular weight is 302 g/mol. The van der Waals surface area contributed by atoms with Crippen LogP contribution in [0.15, 0.2) is 36.7 Å². The molecule has 1 aliphatic heterocycles. The van der Waals surface area contributed by atoms with Gasteiger partial charge in [0, 0.05) is 6.54 Å².